The van der Waals surface area contributed by atoms with Crippen LogP contribution in [0.1, 0.15) is 35.0 Å². The van der Waals surface area contributed by atoms with Gasteiger partial charge < -0.3 is 20.4 Å². The molecule has 0 aliphatic rings. The number of hydrogen-bond acceptors (Lipinski definition) is 6. The summed E-state index contributed by atoms with van der Waals surface area (Å²) in [5.41, 5.74) is 1.53. The number of amides is 1. The number of imidazole rings is 1. The predicted octanol–water partition coefficient (Wildman–Crippen LogP) is 5.67. The molecule has 0 unspecified atom stereocenters. The first-order valence-electron chi connectivity index (χ1n) is 10.1. The van der Waals surface area contributed by atoms with Crippen LogP contribution in [0, 0.1) is 0 Å². The van der Waals surface area contributed by atoms with Crippen molar-refractivity contribution < 1.29 is 18.3 Å². The lowest BCUT2D eigenvalue weighted by Crippen LogP contribution is -2.24. The van der Waals surface area contributed by atoms with Crippen molar-refractivity contribution in [1.29, 1.82) is 0 Å². The van der Waals surface area contributed by atoms with Gasteiger partial charge in [-0.1, -0.05) is 23.2 Å². The number of benzene rings is 1. The van der Waals surface area contributed by atoms with Crippen LogP contribution < -0.4 is 15.4 Å². The molecule has 1 amide bonds. The normalized spacial score (nSPS) is 11.1. The number of carbonyl (C=O) groups is 1. The van der Waals surface area contributed by atoms with Crippen LogP contribution in [0.15, 0.2) is 42.9 Å². The first-order chi connectivity index (χ1) is 16.4. The number of fused-ring (bicyclic) bond motifs is 1. The van der Waals surface area contributed by atoms with Crippen molar-refractivity contribution in [2.45, 2.75) is 19.9 Å². The van der Waals surface area contributed by atoms with Gasteiger partial charge in [-0.15, -0.1) is 0 Å². The highest BCUT2D eigenvalue weighted by atomic mass is 35.5. The van der Waals surface area contributed by atoms with Gasteiger partial charge in [0, 0.05) is 30.2 Å². The number of rotatable bonds is 8. The number of halogens is 4. The molecule has 0 atom stereocenters. The molecular weight excluding hydrogens is 489 g/mol. The Morgan fingerprint density at radius 2 is 2.00 bits per heavy atom. The molecule has 0 saturated heterocycles. The minimum absolute atomic E-state index is 0.0871. The molecule has 8 nitrogen and oxygen atoms in total. The second kappa shape index (κ2) is 10.2. The third kappa shape index (κ3) is 5.02. The zero-order valence-electron chi connectivity index (χ0n) is 17.7. The smallest absolute Gasteiger partial charge is 0.265 e. The summed E-state index contributed by atoms with van der Waals surface area (Å²) >= 11 is 12.3. The fourth-order valence-electron chi connectivity index (χ4n) is 3.25. The van der Waals surface area contributed by atoms with Crippen LogP contribution in [-0.4, -0.2) is 32.4 Å². The predicted molar refractivity (Wildman–Crippen MR) is 125 cm³/mol. The minimum atomic E-state index is -2.70. The molecule has 34 heavy (non-hydrogen) atoms. The van der Waals surface area contributed by atoms with E-state index in [9.17, 15) is 13.6 Å². The average molecular weight is 507 g/mol. The largest absolute Gasteiger partial charge is 0.493 e. The van der Waals surface area contributed by atoms with E-state index in [2.05, 4.69) is 30.6 Å². The number of H-pyrrole nitrogens is 1. The molecule has 0 saturated carbocycles. The van der Waals surface area contributed by atoms with Gasteiger partial charge in [-0.2, -0.15) is 0 Å². The molecule has 0 spiro atoms. The summed E-state index contributed by atoms with van der Waals surface area (Å²) in [5, 5.41) is 6.24. The summed E-state index contributed by atoms with van der Waals surface area (Å²) in [5.74, 6) is 0.112. The third-order valence-electron chi connectivity index (χ3n) is 4.80. The molecule has 0 radical (unpaired) electrons. The topological polar surface area (TPSA) is 105 Å². The first kappa shape index (κ1) is 23.7. The van der Waals surface area contributed by atoms with E-state index in [1.807, 2.05) is 0 Å². The molecule has 4 rings (SSSR count). The van der Waals surface area contributed by atoms with Crippen molar-refractivity contribution >= 4 is 51.8 Å². The van der Waals surface area contributed by atoms with E-state index in [0.29, 0.717) is 45.1 Å². The molecule has 0 fully saturated rings. The molecular formula is C22H18Cl2F2N6O2. The molecule has 4 aromatic rings. The van der Waals surface area contributed by atoms with Crippen LogP contribution in [-0.2, 0) is 6.54 Å². The van der Waals surface area contributed by atoms with Gasteiger partial charge in [0.2, 0.25) is 5.95 Å². The summed E-state index contributed by atoms with van der Waals surface area (Å²) in [4.78, 5) is 28.3. The molecule has 12 heteroatoms. The lowest BCUT2D eigenvalue weighted by Gasteiger charge is -2.12. The first-order valence-corrected chi connectivity index (χ1v) is 10.9. The fraction of sp³-hybridized carbons (Fsp3) is 0.182. The van der Waals surface area contributed by atoms with Crippen molar-refractivity contribution in [3.63, 3.8) is 0 Å². The quantitative estimate of drug-likeness (QED) is 0.284. The van der Waals surface area contributed by atoms with Gasteiger partial charge in [-0.3, -0.25) is 14.8 Å². The summed E-state index contributed by atoms with van der Waals surface area (Å²) in [7, 11) is 0. The molecule has 3 aromatic heterocycles. The Bertz CT molecular complexity index is 1330. The molecule has 0 bridgehead atoms. The second-order valence-electron chi connectivity index (χ2n) is 7.01. The van der Waals surface area contributed by atoms with E-state index < -0.39 is 12.3 Å². The van der Waals surface area contributed by atoms with Crippen molar-refractivity contribution in [2.24, 2.45) is 0 Å². The minimum Gasteiger partial charge on any atom is -0.493 e. The van der Waals surface area contributed by atoms with E-state index in [1.54, 1.807) is 19.1 Å². The summed E-state index contributed by atoms with van der Waals surface area (Å²) < 4.78 is 32.1. The second-order valence-corrected chi connectivity index (χ2v) is 7.82. The number of ether oxygens (including phenoxy) is 1. The van der Waals surface area contributed by atoms with Gasteiger partial charge in [0.25, 0.3) is 12.3 Å². The lowest BCUT2D eigenvalue weighted by molar-refractivity contribution is 0.0945. The number of pyridine rings is 2. The number of alkyl halides is 2. The van der Waals surface area contributed by atoms with Crippen LogP contribution in [0.5, 0.6) is 5.75 Å². The van der Waals surface area contributed by atoms with Crippen LogP contribution >= 0.6 is 23.2 Å². The van der Waals surface area contributed by atoms with E-state index in [1.165, 1.54) is 30.7 Å². The Balaban J connectivity index is 1.61. The lowest BCUT2D eigenvalue weighted by atomic mass is 10.1. The van der Waals surface area contributed by atoms with E-state index in [4.69, 9.17) is 27.9 Å². The van der Waals surface area contributed by atoms with Gasteiger partial charge >= 0.3 is 0 Å². The molecule has 3 heterocycles. The summed E-state index contributed by atoms with van der Waals surface area (Å²) in [6.07, 6.45) is 1.57. The number of anilines is 2. The number of nitrogens with one attached hydrogen (secondary N) is 3. The van der Waals surface area contributed by atoms with Gasteiger partial charge in [-0.05, 0) is 25.1 Å². The highest BCUT2D eigenvalue weighted by Gasteiger charge is 2.19. The maximum Gasteiger partial charge on any atom is 0.265 e. The standard InChI is InChI=1S/C22H18Cl2F2N6O2/c1-2-34-18-7-16-15(30-22(31-16)32-19-13(23)8-27-9-14(19)24)6-12(18)21(33)29-10-17-11(20(25)26)4-3-5-28-17/h3-9,20H,2,10H2,1H3,(H,29,33)(H2,27,30,31,32). The maximum atomic E-state index is 13.2. The van der Waals surface area contributed by atoms with Gasteiger partial charge in [-0.25, -0.2) is 13.8 Å². The van der Waals surface area contributed by atoms with Crippen molar-refractivity contribution in [3.05, 3.63) is 69.7 Å². The molecule has 0 aliphatic heterocycles. The monoisotopic (exact) mass is 506 g/mol. The fourth-order valence-corrected chi connectivity index (χ4v) is 3.71. The van der Waals surface area contributed by atoms with Crippen LogP contribution in [0.4, 0.5) is 20.4 Å². The number of aromatic nitrogens is 4. The molecule has 1 aromatic carbocycles. The van der Waals surface area contributed by atoms with Crippen molar-refractivity contribution in [1.82, 2.24) is 25.3 Å². The van der Waals surface area contributed by atoms with Crippen molar-refractivity contribution in [2.75, 3.05) is 11.9 Å². The summed E-state index contributed by atoms with van der Waals surface area (Å²) in [6.45, 7) is 1.91. The third-order valence-corrected chi connectivity index (χ3v) is 5.37. The highest BCUT2D eigenvalue weighted by molar-refractivity contribution is 6.39. The Hall–Kier alpha value is -3.50. The number of carbonyl (C=O) groups excluding carboxylic acids is 1. The number of hydrogen-bond donors (Lipinski definition) is 3. The van der Waals surface area contributed by atoms with Gasteiger partial charge in [0.05, 0.1) is 51.2 Å². The molecule has 176 valence electrons. The number of aromatic amines is 1. The van der Waals surface area contributed by atoms with Crippen molar-refractivity contribution in [3.8, 4) is 5.75 Å². The van der Waals surface area contributed by atoms with Gasteiger partial charge in [0.1, 0.15) is 5.75 Å². The summed E-state index contributed by atoms with van der Waals surface area (Å²) in [6, 6.07) is 5.87. The Morgan fingerprint density at radius 3 is 2.71 bits per heavy atom. The zero-order chi connectivity index (χ0) is 24.2. The number of nitrogens with zero attached hydrogens (tertiary/aromatic N) is 3. The Labute approximate surface area is 202 Å². The van der Waals surface area contributed by atoms with Crippen LogP contribution in [0.25, 0.3) is 11.0 Å². The Kier molecular flexibility index (Phi) is 7.09. The highest BCUT2D eigenvalue weighted by Crippen LogP contribution is 2.32. The van der Waals surface area contributed by atoms with Gasteiger partial charge in [0.15, 0.2) is 0 Å². The van der Waals surface area contributed by atoms with Crippen LogP contribution in [0.2, 0.25) is 10.0 Å². The zero-order valence-corrected chi connectivity index (χ0v) is 19.2. The SMILES string of the molecule is CCOc1cc2nc(Nc3c(Cl)cncc3Cl)[nH]c2cc1C(=O)NCc1ncccc1C(F)F. The molecule has 3 N–H and O–H groups in total. The Morgan fingerprint density at radius 1 is 1.24 bits per heavy atom. The van der Waals surface area contributed by atoms with E-state index >= 15 is 0 Å². The average Bonchev–Trinajstić information content (AvgIpc) is 3.21. The molecule has 0 aliphatic carbocycles. The maximum absolute atomic E-state index is 13.2. The van der Waals surface area contributed by atoms with Crippen LogP contribution in [0.3, 0.4) is 0 Å². The van der Waals surface area contributed by atoms with E-state index in [0.717, 1.165) is 0 Å². The van der Waals surface area contributed by atoms with E-state index in [-0.39, 0.29) is 23.4 Å².